The molecule has 2 saturated heterocycles. The Morgan fingerprint density at radius 2 is 2.20 bits per heavy atom. The molecule has 1 spiro atoms. The molecule has 0 radical (unpaired) electrons. The summed E-state index contributed by atoms with van der Waals surface area (Å²) in [4.78, 5) is 0. The maximum atomic E-state index is 5.98. The van der Waals surface area contributed by atoms with Crippen LogP contribution in [0.5, 0.6) is 0 Å². The molecule has 1 N–H and O–H groups in total. The third kappa shape index (κ3) is 1.69. The van der Waals surface area contributed by atoms with Crippen LogP contribution in [-0.4, -0.2) is 25.5 Å². The van der Waals surface area contributed by atoms with E-state index in [0.717, 1.165) is 31.7 Å². The average molecular weight is 209 g/mol. The van der Waals surface area contributed by atoms with Crippen LogP contribution in [0.2, 0.25) is 0 Å². The molecule has 3 heterocycles. The minimum atomic E-state index is -0.358. The SMILES string of the molecule is c1coc(C2COC3(CCNCC3)O2)c1. The van der Waals surface area contributed by atoms with E-state index in [4.69, 9.17) is 13.9 Å². The van der Waals surface area contributed by atoms with Gasteiger partial charge in [-0.05, 0) is 12.1 Å². The minimum Gasteiger partial charge on any atom is -0.466 e. The van der Waals surface area contributed by atoms with E-state index < -0.39 is 0 Å². The second-order valence-corrected chi connectivity index (χ2v) is 4.09. The Balaban J connectivity index is 1.72. The third-order valence-electron chi connectivity index (χ3n) is 3.08. The maximum Gasteiger partial charge on any atom is 0.171 e. The van der Waals surface area contributed by atoms with Crippen LogP contribution >= 0.6 is 0 Å². The van der Waals surface area contributed by atoms with E-state index in [-0.39, 0.29) is 11.9 Å². The first-order valence-corrected chi connectivity index (χ1v) is 5.44. The summed E-state index contributed by atoms with van der Waals surface area (Å²) in [6.07, 6.45) is 3.48. The molecule has 1 aromatic heterocycles. The van der Waals surface area contributed by atoms with Crippen molar-refractivity contribution in [3.8, 4) is 0 Å². The Kier molecular flexibility index (Phi) is 2.27. The first-order chi connectivity index (χ1) is 7.38. The Morgan fingerprint density at radius 1 is 1.33 bits per heavy atom. The molecule has 0 aliphatic carbocycles. The zero-order valence-electron chi connectivity index (χ0n) is 8.57. The van der Waals surface area contributed by atoms with E-state index >= 15 is 0 Å². The molecular formula is C11H15NO3. The molecule has 0 bridgehead atoms. The van der Waals surface area contributed by atoms with Crippen LogP contribution in [0, 0.1) is 0 Å². The lowest BCUT2D eigenvalue weighted by Gasteiger charge is -2.32. The molecule has 2 aliphatic rings. The number of furan rings is 1. The predicted octanol–water partition coefficient (Wildman–Crippen LogP) is 1.45. The molecule has 4 nitrogen and oxygen atoms in total. The molecule has 82 valence electrons. The van der Waals surface area contributed by atoms with Crippen LogP contribution in [0.15, 0.2) is 22.8 Å². The first-order valence-electron chi connectivity index (χ1n) is 5.44. The van der Waals surface area contributed by atoms with Crippen molar-refractivity contribution in [2.24, 2.45) is 0 Å². The summed E-state index contributed by atoms with van der Waals surface area (Å²) in [6.45, 7) is 2.53. The van der Waals surface area contributed by atoms with Gasteiger partial charge in [0.2, 0.25) is 0 Å². The molecule has 2 aliphatic heterocycles. The van der Waals surface area contributed by atoms with E-state index in [1.165, 1.54) is 0 Å². The van der Waals surface area contributed by atoms with Crippen LogP contribution < -0.4 is 5.32 Å². The minimum absolute atomic E-state index is 0.0295. The summed E-state index contributed by atoms with van der Waals surface area (Å²) in [5, 5.41) is 3.30. The van der Waals surface area contributed by atoms with Crippen molar-refractivity contribution < 1.29 is 13.9 Å². The molecule has 1 aromatic rings. The van der Waals surface area contributed by atoms with E-state index in [1.807, 2.05) is 12.1 Å². The second-order valence-electron chi connectivity index (χ2n) is 4.09. The van der Waals surface area contributed by atoms with Crippen molar-refractivity contribution in [2.75, 3.05) is 19.7 Å². The third-order valence-corrected chi connectivity index (χ3v) is 3.08. The lowest BCUT2D eigenvalue weighted by Crippen LogP contribution is -2.42. The Morgan fingerprint density at radius 3 is 2.93 bits per heavy atom. The standard InChI is InChI=1S/C11H15NO3/c1-2-9(13-7-1)10-8-14-11(15-10)3-5-12-6-4-11/h1-2,7,10,12H,3-6,8H2. The number of nitrogens with one attached hydrogen (secondary N) is 1. The highest BCUT2D eigenvalue weighted by atomic mass is 16.7. The summed E-state index contributed by atoms with van der Waals surface area (Å²) in [5.74, 6) is 0.508. The molecular weight excluding hydrogens is 194 g/mol. The van der Waals surface area contributed by atoms with Gasteiger partial charge in [-0.15, -0.1) is 0 Å². The van der Waals surface area contributed by atoms with Crippen LogP contribution in [0.4, 0.5) is 0 Å². The Bertz CT molecular complexity index is 317. The van der Waals surface area contributed by atoms with Gasteiger partial charge in [0, 0.05) is 25.9 Å². The lowest BCUT2D eigenvalue weighted by molar-refractivity contribution is -0.185. The summed E-state index contributed by atoms with van der Waals surface area (Å²) in [7, 11) is 0. The van der Waals surface area contributed by atoms with Gasteiger partial charge in [0.1, 0.15) is 11.9 Å². The van der Waals surface area contributed by atoms with Crippen LogP contribution in [0.25, 0.3) is 0 Å². The molecule has 3 rings (SSSR count). The number of piperidine rings is 1. The van der Waals surface area contributed by atoms with Gasteiger partial charge in [0.25, 0.3) is 0 Å². The monoisotopic (exact) mass is 209 g/mol. The van der Waals surface area contributed by atoms with Crippen LogP contribution in [0.1, 0.15) is 24.7 Å². The van der Waals surface area contributed by atoms with Crippen molar-refractivity contribution >= 4 is 0 Å². The molecule has 2 fully saturated rings. The van der Waals surface area contributed by atoms with Crippen molar-refractivity contribution in [1.29, 1.82) is 0 Å². The van der Waals surface area contributed by atoms with Crippen LogP contribution in [-0.2, 0) is 9.47 Å². The predicted molar refractivity (Wildman–Crippen MR) is 53.3 cm³/mol. The summed E-state index contributed by atoms with van der Waals surface area (Å²) >= 11 is 0. The molecule has 0 saturated carbocycles. The summed E-state index contributed by atoms with van der Waals surface area (Å²) < 4.78 is 17.1. The molecule has 0 aromatic carbocycles. The molecule has 1 atom stereocenters. The van der Waals surface area contributed by atoms with Gasteiger partial charge in [0.05, 0.1) is 12.9 Å². The highest BCUT2D eigenvalue weighted by Gasteiger charge is 2.43. The highest BCUT2D eigenvalue weighted by Crippen LogP contribution is 2.38. The normalized spacial score (nSPS) is 29.7. The summed E-state index contributed by atoms with van der Waals surface area (Å²) in [6, 6.07) is 3.82. The molecule has 15 heavy (non-hydrogen) atoms. The van der Waals surface area contributed by atoms with Crippen molar-refractivity contribution in [2.45, 2.75) is 24.7 Å². The zero-order chi connectivity index (χ0) is 10.1. The Hall–Kier alpha value is -0.840. The second kappa shape index (κ2) is 3.63. The zero-order valence-corrected chi connectivity index (χ0v) is 8.57. The van der Waals surface area contributed by atoms with Crippen molar-refractivity contribution in [3.05, 3.63) is 24.2 Å². The van der Waals surface area contributed by atoms with Crippen LogP contribution in [0.3, 0.4) is 0 Å². The van der Waals surface area contributed by atoms with Gasteiger partial charge in [-0.25, -0.2) is 0 Å². The number of hydrogen-bond acceptors (Lipinski definition) is 4. The summed E-state index contributed by atoms with van der Waals surface area (Å²) in [5.41, 5.74) is 0. The van der Waals surface area contributed by atoms with Gasteiger partial charge < -0.3 is 19.2 Å². The fraction of sp³-hybridized carbons (Fsp3) is 0.636. The van der Waals surface area contributed by atoms with Crippen molar-refractivity contribution in [3.63, 3.8) is 0 Å². The average Bonchev–Trinajstić information content (AvgIpc) is 2.88. The van der Waals surface area contributed by atoms with Gasteiger partial charge in [-0.3, -0.25) is 0 Å². The van der Waals surface area contributed by atoms with Gasteiger partial charge in [0.15, 0.2) is 5.79 Å². The molecule has 0 amide bonds. The number of rotatable bonds is 1. The van der Waals surface area contributed by atoms with E-state index in [1.54, 1.807) is 6.26 Å². The quantitative estimate of drug-likeness (QED) is 0.760. The first kappa shape index (κ1) is 9.39. The topological polar surface area (TPSA) is 43.6 Å². The highest BCUT2D eigenvalue weighted by molar-refractivity contribution is 5.04. The fourth-order valence-corrected chi connectivity index (χ4v) is 2.24. The smallest absolute Gasteiger partial charge is 0.171 e. The number of ether oxygens (including phenoxy) is 2. The molecule has 1 unspecified atom stereocenters. The van der Waals surface area contributed by atoms with Gasteiger partial charge in [-0.1, -0.05) is 0 Å². The lowest BCUT2D eigenvalue weighted by atomic mass is 10.1. The van der Waals surface area contributed by atoms with E-state index in [0.29, 0.717) is 6.61 Å². The van der Waals surface area contributed by atoms with E-state index in [9.17, 15) is 0 Å². The van der Waals surface area contributed by atoms with Gasteiger partial charge in [-0.2, -0.15) is 0 Å². The number of hydrogen-bond donors (Lipinski definition) is 1. The fourth-order valence-electron chi connectivity index (χ4n) is 2.24. The largest absolute Gasteiger partial charge is 0.466 e. The molecule has 4 heteroatoms. The maximum absolute atomic E-state index is 5.98. The van der Waals surface area contributed by atoms with E-state index in [2.05, 4.69) is 5.32 Å². The Labute approximate surface area is 88.5 Å². The van der Waals surface area contributed by atoms with Crippen molar-refractivity contribution in [1.82, 2.24) is 5.32 Å². The van der Waals surface area contributed by atoms with Gasteiger partial charge >= 0.3 is 0 Å².